The average molecular weight is 503 g/mol. The van der Waals surface area contributed by atoms with E-state index in [9.17, 15) is 9.59 Å². The van der Waals surface area contributed by atoms with Crippen molar-refractivity contribution in [2.75, 3.05) is 11.9 Å². The number of nitrogens with one attached hydrogen (secondary N) is 1. The highest BCUT2D eigenvalue weighted by molar-refractivity contribution is 7.17. The van der Waals surface area contributed by atoms with E-state index in [0.29, 0.717) is 22.0 Å². The van der Waals surface area contributed by atoms with Crippen molar-refractivity contribution < 1.29 is 19.1 Å². The van der Waals surface area contributed by atoms with Crippen LogP contribution in [-0.2, 0) is 4.74 Å². The maximum atomic E-state index is 12.2. The van der Waals surface area contributed by atoms with Crippen molar-refractivity contribution in [2.45, 2.75) is 38.7 Å². The van der Waals surface area contributed by atoms with Gasteiger partial charge in [0.05, 0.1) is 23.4 Å². The van der Waals surface area contributed by atoms with E-state index in [1.807, 2.05) is 17.4 Å². The first-order valence-electron chi connectivity index (χ1n) is 11.1. The van der Waals surface area contributed by atoms with E-state index in [0.717, 1.165) is 17.0 Å². The lowest BCUT2D eigenvalue weighted by atomic mass is 9.84. The third-order valence-electron chi connectivity index (χ3n) is 5.88. The Morgan fingerprint density at radius 1 is 1.41 bits per heavy atom. The molecule has 0 aromatic carbocycles. The van der Waals surface area contributed by atoms with E-state index in [1.54, 1.807) is 31.5 Å². The maximum Gasteiger partial charge on any atom is 0.411 e. The number of carbonyl (C=O) groups excluding carboxylic acids is 2. The number of anilines is 1. The molecule has 3 aromatic rings. The normalized spacial score (nSPS) is 20.8. The minimum atomic E-state index is -0.549. The fourth-order valence-corrected chi connectivity index (χ4v) is 5.44. The van der Waals surface area contributed by atoms with Crippen LogP contribution < -0.4 is 15.8 Å². The smallest absolute Gasteiger partial charge is 0.411 e. The first-order chi connectivity index (χ1) is 16.3. The number of pyridine rings is 1. The zero-order valence-corrected chi connectivity index (χ0v) is 20.7. The number of hydrogen-bond donors (Lipinski definition) is 2. The molecule has 0 saturated heterocycles. The van der Waals surface area contributed by atoms with Crippen LogP contribution in [0.3, 0.4) is 0 Å². The van der Waals surface area contributed by atoms with E-state index in [1.165, 1.54) is 11.3 Å². The molecule has 0 fully saturated rings. The molecule has 3 heterocycles. The number of primary amides is 1. The van der Waals surface area contributed by atoms with Crippen molar-refractivity contribution in [3.8, 4) is 16.3 Å². The second-order valence-corrected chi connectivity index (χ2v) is 9.81. The number of aromatic nitrogens is 2. The Morgan fingerprint density at radius 3 is 2.94 bits per heavy atom. The molecular formula is C24H27ClN4O4S. The van der Waals surface area contributed by atoms with Crippen LogP contribution in [0.4, 0.5) is 10.5 Å². The van der Waals surface area contributed by atoms with Crippen LogP contribution in [0.2, 0.25) is 0 Å². The van der Waals surface area contributed by atoms with Crippen molar-refractivity contribution >= 4 is 46.3 Å². The van der Waals surface area contributed by atoms with E-state index >= 15 is 0 Å². The molecular weight excluding hydrogens is 476 g/mol. The number of thiophene rings is 1. The number of nitrogens with two attached hydrogens (primary N) is 1. The quantitative estimate of drug-likeness (QED) is 0.336. The zero-order valence-electron chi connectivity index (χ0n) is 19.2. The molecule has 4 atom stereocenters. The summed E-state index contributed by atoms with van der Waals surface area (Å²) < 4.78 is 13.0. The predicted molar refractivity (Wildman–Crippen MR) is 134 cm³/mol. The molecule has 2 amide bonds. The van der Waals surface area contributed by atoms with Crippen molar-refractivity contribution in [1.29, 1.82) is 0 Å². The lowest BCUT2D eigenvalue weighted by Gasteiger charge is -2.33. The van der Waals surface area contributed by atoms with Gasteiger partial charge < -0.3 is 15.2 Å². The van der Waals surface area contributed by atoms with Gasteiger partial charge in [-0.15, -0.1) is 22.9 Å². The predicted octanol–water partition coefficient (Wildman–Crippen LogP) is 5.32. The van der Waals surface area contributed by atoms with Crippen LogP contribution in [0.15, 0.2) is 42.7 Å². The van der Waals surface area contributed by atoms with Gasteiger partial charge in [-0.05, 0) is 32.3 Å². The van der Waals surface area contributed by atoms with Gasteiger partial charge in [0.1, 0.15) is 22.4 Å². The lowest BCUT2D eigenvalue weighted by Crippen LogP contribution is -2.35. The number of fused-ring (bicyclic) bond motifs is 1. The number of nitrogens with zero attached hydrogens (tertiary/aromatic N) is 2. The van der Waals surface area contributed by atoms with E-state index in [4.69, 9.17) is 26.8 Å². The number of amides is 2. The largest absolute Gasteiger partial charge is 0.489 e. The first-order valence-corrected chi connectivity index (χ1v) is 12.4. The Morgan fingerprint density at radius 2 is 2.21 bits per heavy atom. The minimum absolute atomic E-state index is 0.0497. The summed E-state index contributed by atoms with van der Waals surface area (Å²) in [4.78, 5) is 29.5. The summed E-state index contributed by atoms with van der Waals surface area (Å²) in [6.45, 7) is 6.08. The molecule has 0 bridgehead atoms. The second-order valence-electron chi connectivity index (χ2n) is 8.26. The van der Waals surface area contributed by atoms with E-state index in [2.05, 4.69) is 29.4 Å². The van der Waals surface area contributed by atoms with E-state index < -0.39 is 12.0 Å². The fraction of sp³-hybridized carbons (Fsp3) is 0.375. The Balaban J connectivity index is 1.60. The standard InChI is InChI=1S/C24H27ClN4O4S/c1-4-32-24(31)28-15-8-9-29-17(12-27-20(29)10-15)19-11-18(22(34-19)23(26)30)33-14(3)16-7-5-6-13(2)21(16)25/h5-6,8-14,16,21H,4,7H2,1-3H3,(H2,26,30)(H,28,31)/t13?,14-,16?,21?/m1/s1. The van der Waals surface area contributed by atoms with Crippen LogP contribution in [0, 0.1) is 11.8 Å². The Labute approximate surface area is 206 Å². The summed E-state index contributed by atoms with van der Waals surface area (Å²) >= 11 is 7.90. The second kappa shape index (κ2) is 10.1. The number of imidazole rings is 1. The van der Waals surface area contributed by atoms with Crippen LogP contribution in [0.1, 0.15) is 36.9 Å². The topological polar surface area (TPSA) is 108 Å². The molecule has 0 saturated carbocycles. The average Bonchev–Trinajstić information content (AvgIpc) is 3.39. The molecule has 0 aliphatic heterocycles. The molecule has 0 spiro atoms. The molecule has 3 N–H and O–H groups in total. The summed E-state index contributed by atoms with van der Waals surface area (Å²) in [5.41, 5.74) is 7.64. The zero-order chi connectivity index (χ0) is 24.4. The molecule has 34 heavy (non-hydrogen) atoms. The van der Waals surface area contributed by atoms with Crippen LogP contribution in [0.5, 0.6) is 5.75 Å². The number of hydrogen-bond acceptors (Lipinski definition) is 6. The van der Waals surface area contributed by atoms with Gasteiger partial charge in [0.2, 0.25) is 0 Å². The van der Waals surface area contributed by atoms with Crippen molar-refractivity contribution in [3.05, 3.63) is 47.6 Å². The molecule has 8 nitrogen and oxygen atoms in total. The molecule has 3 unspecified atom stereocenters. The number of alkyl halides is 1. The number of halogens is 1. The Kier molecular flexibility index (Phi) is 7.13. The molecule has 1 aliphatic rings. The lowest BCUT2D eigenvalue weighted by molar-refractivity contribution is 0.0989. The highest BCUT2D eigenvalue weighted by Gasteiger charge is 2.32. The minimum Gasteiger partial charge on any atom is -0.489 e. The van der Waals surface area contributed by atoms with E-state index in [-0.39, 0.29) is 29.9 Å². The van der Waals surface area contributed by atoms with Gasteiger partial charge >= 0.3 is 6.09 Å². The van der Waals surface area contributed by atoms with Crippen molar-refractivity contribution in [3.63, 3.8) is 0 Å². The summed E-state index contributed by atoms with van der Waals surface area (Å²) in [7, 11) is 0. The monoisotopic (exact) mass is 502 g/mol. The third kappa shape index (κ3) is 4.90. The van der Waals surface area contributed by atoms with Gasteiger partial charge in [0, 0.05) is 35.3 Å². The van der Waals surface area contributed by atoms with Crippen LogP contribution in [0.25, 0.3) is 16.2 Å². The highest BCUT2D eigenvalue weighted by atomic mass is 35.5. The number of ether oxygens (including phenoxy) is 2. The van der Waals surface area contributed by atoms with Crippen LogP contribution >= 0.6 is 22.9 Å². The molecule has 10 heteroatoms. The van der Waals surface area contributed by atoms with Gasteiger partial charge in [0.25, 0.3) is 5.91 Å². The van der Waals surface area contributed by atoms with Gasteiger partial charge in [-0.25, -0.2) is 9.78 Å². The fourth-order valence-electron chi connectivity index (χ4n) is 4.10. The van der Waals surface area contributed by atoms with Gasteiger partial charge in [-0.1, -0.05) is 19.1 Å². The van der Waals surface area contributed by atoms with Gasteiger partial charge in [-0.3, -0.25) is 14.5 Å². The third-order valence-corrected chi connectivity index (χ3v) is 7.76. The van der Waals surface area contributed by atoms with Gasteiger partial charge in [-0.2, -0.15) is 0 Å². The SMILES string of the molecule is CCOC(=O)Nc1ccn2c(-c3cc(O[C@H](C)C4CC=CC(C)C4Cl)c(C(N)=O)s3)cnc2c1. The maximum absolute atomic E-state index is 12.2. The Bertz CT molecular complexity index is 1240. The highest BCUT2D eigenvalue weighted by Crippen LogP contribution is 2.39. The molecule has 1 aliphatic carbocycles. The summed E-state index contributed by atoms with van der Waals surface area (Å²) in [6, 6.07) is 5.30. The molecule has 0 radical (unpaired) electrons. The molecule has 180 valence electrons. The first kappa shape index (κ1) is 24.1. The van der Waals surface area contributed by atoms with Crippen LogP contribution in [-0.4, -0.2) is 39.5 Å². The summed E-state index contributed by atoms with van der Waals surface area (Å²) in [5.74, 6) is 0.266. The number of rotatable bonds is 7. The molecule has 4 rings (SSSR count). The van der Waals surface area contributed by atoms with Crippen molar-refractivity contribution in [2.24, 2.45) is 17.6 Å². The summed E-state index contributed by atoms with van der Waals surface area (Å²) in [5, 5.41) is 2.61. The Hall–Kier alpha value is -3.04. The number of allylic oxidation sites excluding steroid dienone is 2. The van der Waals surface area contributed by atoms with Gasteiger partial charge in [0.15, 0.2) is 0 Å². The number of carbonyl (C=O) groups is 2. The summed E-state index contributed by atoms with van der Waals surface area (Å²) in [6.07, 6.45) is 7.84. The molecule has 3 aromatic heterocycles. The van der Waals surface area contributed by atoms with Crippen molar-refractivity contribution in [1.82, 2.24) is 9.38 Å².